The summed E-state index contributed by atoms with van der Waals surface area (Å²) >= 11 is 0. The Morgan fingerprint density at radius 1 is 1.20 bits per heavy atom. The Balaban J connectivity index is 1.71. The second-order valence-corrected chi connectivity index (χ2v) is 4.48. The van der Waals surface area contributed by atoms with E-state index in [1.54, 1.807) is 0 Å². The van der Waals surface area contributed by atoms with Crippen molar-refractivity contribution >= 4 is 12.2 Å². The normalized spacial score (nSPS) is 23.6. The molecule has 0 unspecified atom stereocenters. The van der Waals surface area contributed by atoms with E-state index in [1.165, 1.54) is 0 Å². The molecule has 0 aromatic heterocycles. The summed E-state index contributed by atoms with van der Waals surface area (Å²) in [5.74, 6) is 0.478. The van der Waals surface area contributed by atoms with Gasteiger partial charge in [0.05, 0.1) is 6.54 Å². The average Bonchev–Trinajstić information content (AvgIpc) is 2.16. The Morgan fingerprint density at radius 2 is 1.87 bits per heavy atom. The zero-order valence-electron chi connectivity index (χ0n) is 9.02. The summed E-state index contributed by atoms with van der Waals surface area (Å²) in [4.78, 5) is 26.3. The maximum absolute atomic E-state index is 11.7. The van der Waals surface area contributed by atoms with Gasteiger partial charge < -0.3 is 9.69 Å². The third-order valence-corrected chi connectivity index (χ3v) is 3.39. The Morgan fingerprint density at radius 3 is 2.33 bits per heavy atom. The molecule has 2 heterocycles. The summed E-state index contributed by atoms with van der Waals surface area (Å²) in [6.07, 6.45) is 4.03. The molecule has 84 valence electrons. The number of nitrogens with zero attached hydrogens (tertiary/aromatic N) is 2. The number of piperidine rings is 1. The number of amides is 1. The van der Waals surface area contributed by atoms with Crippen LogP contribution in [0.1, 0.15) is 19.3 Å². The lowest BCUT2D eigenvalue weighted by Gasteiger charge is -2.35. The number of aldehydes is 1. The van der Waals surface area contributed by atoms with Gasteiger partial charge in [-0.3, -0.25) is 9.69 Å². The fraction of sp³-hybridized carbons (Fsp3) is 0.818. The van der Waals surface area contributed by atoms with Crippen molar-refractivity contribution in [2.75, 3.05) is 32.7 Å². The summed E-state index contributed by atoms with van der Waals surface area (Å²) in [5.41, 5.74) is 0. The Bertz CT molecular complexity index is 243. The van der Waals surface area contributed by atoms with Crippen LogP contribution in [0.5, 0.6) is 0 Å². The molecule has 2 aliphatic heterocycles. The van der Waals surface area contributed by atoms with Gasteiger partial charge in [-0.2, -0.15) is 0 Å². The summed E-state index contributed by atoms with van der Waals surface area (Å²) in [6.45, 7) is 4.20. The molecule has 4 nitrogen and oxygen atoms in total. The first kappa shape index (κ1) is 10.6. The van der Waals surface area contributed by atoms with Crippen molar-refractivity contribution in [3.05, 3.63) is 0 Å². The highest BCUT2D eigenvalue weighted by molar-refractivity contribution is 5.78. The van der Waals surface area contributed by atoms with E-state index in [1.807, 2.05) is 4.90 Å². The minimum Gasteiger partial charge on any atom is -0.341 e. The molecule has 0 atom stereocenters. The summed E-state index contributed by atoms with van der Waals surface area (Å²) in [5, 5.41) is 0. The van der Waals surface area contributed by atoms with Crippen molar-refractivity contribution in [1.82, 2.24) is 9.80 Å². The summed E-state index contributed by atoms with van der Waals surface area (Å²) in [7, 11) is 0. The van der Waals surface area contributed by atoms with Crippen LogP contribution >= 0.6 is 0 Å². The molecule has 2 rings (SSSR count). The van der Waals surface area contributed by atoms with Crippen LogP contribution in [-0.2, 0) is 9.59 Å². The van der Waals surface area contributed by atoms with Crippen LogP contribution in [0.4, 0.5) is 0 Å². The monoisotopic (exact) mass is 210 g/mol. The van der Waals surface area contributed by atoms with E-state index in [0.717, 1.165) is 51.7 Å². The van der Waals surface area contributed by atoms with Gasteiger partial charge in [0.2, 0.25) is 5.91 Å². The maximum Gasteiger partial charge on any atom is 0.236 e. The highest BCUT2D eigenvalue weighted by Crippen LogP contribution is 2.15. The number of carbonyl (C=O) groups excluding carboxylic acids is 2. The van der Waals surface area contributed by atoms with Gasteiger partial charge in [-0.1, -0.05) is 0 Å². The highest BCUT2D eigenvalue weighted by atomic mass is 16.2. The minimum absolute atomic E-state index is 0.223. The largest absolute Gasteiger partial charge is 0.341 e. The molecule has 0 aromatic carbocycles. The second-order valence-electron chi connectivity index (χ2n) is 4.48. The number of hydrogen-bond donors (Lipinski definition) is 0. The van der Waals surface area contributed by atoms with Crippen molar-refractivity contribution in [3.63, 3.8) is 0 Å². The molecule has 2 aliphatic rings. The van der Waals surface area contributed by atoms with E-state index in [0.29, 0.717) is 6.54 Å². The molecule has 0 spiro atoms. The van der Waals surface area contributed by atoms with E-state index in [9.17, 15) is 9.59 Å². The van der Waals surface area contributed by atoms with Crippen molar-refractivity contribution < 1.29 is 9.59 Å². The fourth-order valence-electron chi connectivity index (χ4n) is 2.10. The molecule has 15 heavy (non-hydrogen) atoms. The average molecular weight is 210 g/mol. The SMILES string of the molecule is O=CC1CCN(CC(=O)N2CCC2)CC1. The molecule has 2 fully saturated rings. The first-order chi connectivity index (χ1) is 7.29. The third-order valence-electron chi connectivity index (χ3n) is 3.39. The first-order valence-corrected chi connectivity index (χ1v) is 5.75. The van der Waals surface area contributed by atoms with Gasteiger partial charge in [0.15, 0.2) is 0 Å². The van der Waals surface area contributed by atoms with Gasteiger partial charge in [0.1, 0.15) is 6.29 Å². The lowest BCUT2D eigenvalue weighted by molar-refractivity contribution is -0.136. The van der Waals surface area contributed by atoms with E-state index in [2.05, 4.69) is 4.90 Å². The predicted octanol–water partition coefficient (Wildman–Crippen LogP) is 0.130. The van der Waals surface area contributed by atoms with E-state index < -0.39 is 0 Å². The highest BCUT2D eigenvalue weighted by Gasteiger charge is 2.24. The lowest BCUT2D eigenvalue weighted by Crippen LogP contribution is -2.48. The number of carbonyl (C=O) groups is 2. The van der Waals surface area contributed by atoms with Gasteiger partial charge in [0.25, 0.3) is 0 Å². The number of rotatable bonds is 3. The van der Waals surface area contributed by atoms with Crippen molar-refractivity contribution in [1.29, 1.82) is 0 Å². The molecule has 1 amide bonds. The molecule has 2 saturated heterocycles. The summed E-state index contributed by atoms with van der Waals surface area (Å²) in [6, 6.07) is 0. The van der Waals surface area contributed by atoms with Crippen molar-refractivity contribution in [3.8, 4) is 0 Å². The second kappa shape index (κ2) is 4.75. The fourth-order valence-corrected chi connectivity index (χ4v) is 2.10. The van der Waals surface area contributed by atoms with Crippen LogP contribution in [0.15, 0.2) is 0 Å². The minimum atomic E-state index is 0.223. The molecule has 4 heteroatoms. The molecule has 0 aliphatic carbocycles. The van der Waals surface area contributed by atoms with Crippen LogP contribution in [0.25, 0.3) is 0 Å². The molecular weight excluding hydrogens is 192 g/mol. The predicted molar refractivity (Wildman–Crippen MR) is 56.4 cm³/mol. The maximum atomic E-state index is 11.7. The molecule has 0 radical (unpaired) electrons. The quantitative estimate of drug-likeness (QED) is 0.622. The molecule has 0 saturated carbocycles. The summed E-state index contributed by atoms with van der Waals surface area (Å²) < 4.78 is 0. The molecular formula is C11H18N2O2. The molecule has 0 aromatic rings. The van der Waals surface area contributed by atoms with Crippen LogP contribution < -0.4 is 0 Å². The van der Waals surface area contributed by atoms with Crippen LogP contribution in [0.2, 0.25) is 0 Å². The number of likely N-dealkylation sites (tertiary alicyclic amines) is 2. The molecule has 0 bridgehead atoms. The standard InChI is InChI=1S/C11H18N2O2/c14-9-10-2-6-12(7-3-10)8-11(15)13-4-1-5-13/h9-10H,1-8H2. The van der Waals surface area contributed by atoms with Crippen LogP contribution in [0.3, 0.4) is 0 Å². The number of hydrogen-bond acceptors (Lipinski definition) is 3. The zero-order chi connectivity index (χ0) is 10.7. The third kappa shape index (κ3) is 2.56. The molecule has 0 N–H and O–H groups in total. The van der Waals surface area contributed by atoms with Crippen molar-refractivity contribution in [2.24, 2.45) is 5.92 Å². The van der Waals surface area contributed by atoms with E-state index >= 15 is 0 Å². The Hall–Kier alpha value is -0.900. The van der Waals surface area contributed by atoms with Gasteiger partial charge in [0, 0.05) is 19.0 Å². The lowest BCUT2D eigenvalue weighted by atomic mass is 9.98. The van der Waals surface area contributed by atoms with Gasteiger partial charge in [-0.05, 0) is 32.4 Å². The van der Waals surface area contributed by atoms with E-state index in [4.69, 9.17) is 0 Å². The van der Waals surface area contributed by atoms with Crippen molar-refractivity contribution in [2.45, 2.75) is 19.3 Å². The van der Waals surface area contributed by atoms with Gasteiger partial charge in [-0.25, -0.2) is 0 Å². The Labute approximate surface area is 90.2 Å². The van der Waals surface area contributed by atoms with Gasteiger partial charge >= 0.3 is 0 Å². The van der Waals surface area contributed by atoms with Gasteiger partial charge in [-0.15, -0.1) is 0 Å². The van der Waals surface area contributed by atoms with Crippen LogP contribution in [0, 0.1) is 5.92 Å². The van der Waals surface area contributed by atoms with E-state index in [-0.39, 0.29) is 11.8 Å². The Kier molecular flexibility index (Phi) is 3.36. The van der Waals surface area contributed by atoms with Crippen LogP contribution in [-0.4, -0.2) is 54.7 Å². The first-order valence-electron chi connectivity index (χ1n) is 5.75. The smallest absolute Gasteiger partial charge is 0.236 e. The zero-order valence-corrected chi connectivity index (χ0v) is 9.02. The topological polar surface area (TPSA) is 40.6 Å².